The van der Waals surface area contributed by atoms with Crippen LogP contribution >= 0.6 is 0 Å². The summed E-state index contributed by atoms with van der Waals surface area (Å²) in [6.45, 7) is 3.86. The molecule has 0 amide bonds. The van der Waals surface area contributed by atoms with Crippen LogP contribution in [0.3, 0.4) is 0 Å². The molecule has 1 aromatic heterocycles. The van der Waals surface area contributed by atoms with E-state index >= 15 is 0 Å². The van der Waals surface area contributed by atoms with Crippen LogP contribution in [-0.4, -0.2) is 18.0 Å². The van der Waals surface area contributed by atoms with Crippen LogP contribution < -0.4 is 16.0 Å². The fourth-order valence-electron chi connectivity index (χ4n) is 1.63. The molecule has 0 bridgehead atoms. The molecule has 2 N–H and O–H groups in total. The molecule has 2 rings (SSSR count). The molecule has 0 radical (unpaired) electrons. The highest BCUT2D eigenvalue weighted by atomic mass is 16.1. The van der Waals surface area contributed by atoms with Crippen LogP contribution in [0.4, 0.5) is 5.69 Å². The van der Waals surface area contributed by atoms with Crippen molar-refractivity contribution in [2.45, 2.75) is 0 Å². The van der Waals surface area contributed by atoms with Gasteiger partial charge in [-0.15, -0.1) is 0 Å². The van der Waals surface area contributed by atoms with E-state index in [0.29, 0.717) is 5.35 Å². The van der Waals surface area contributed by atoms with Crippen LogP contribution in [0.25, 0.3) is 17.7 Å². The smallest absolute Gasteiger partial charge is 0.150 e. The number of aromatic amines is 1. The van der Waals surface area contributed by atoms with Crippen LogP contribution in [0.15, 0.2) is 30.3 Å². The van der Waals surface area contributed by atoms with Gasteiger partial charge >= 0.3 is 0 Å². The van der Waals surface area contributed by atoms with Gasteiger partial charge < -0.3 is 10.3 Å². The molecule has 0 aliphatic heterocycles. The molecule has 80 valence electrons. The lowest BCUT2D eigenvalue weighted by Gasteiger charge is -2.01. The van der Waals surface area contributed by atoms with Crippen molar-refractivity contribution in [1.82, 2.24) is 4.98 Å². The van der Waals surface area contributed by atoms with Gasteiger partial charge in [0.25, 0.3) is 0 Å². The van der Waals surface area contributed by atoms with Gasteiger partial charge in [0.05, 0.1) is 0 Å². The summed E-state index contributed by atoms with van der Waals surface area (Å²) in [6, 6.07) is 9.68. The number of nitrogens with one attached hydrogen (secondary N) is 2. The molecule has 0 fully saturated rings. The summed E-state index contributed by atoms with van der Waals surface area (Å²) < 4.78 is 0. The maximum Gasteiger partial charge on any atom is 0.150 e. The van der Waals surface area contributed by atoms with Crippen molar-refractivity contribution in [2.24, 2.45) is 0 Å². The molecule has 2 aromatic rings. The van der Waals surface area contributed by atoms with Crippen LogP contribution in [0.2, 0.25) is 0 Å². The van der Waals surface area contributed by atoms with E-state index in [9.17, 15) is 4.79 Å². The third kappa shape index (κ3) is 1.76. The lowest BCUT2D eigenvalue weighted by Crippen LogP contribution is -2.08. The molecule has 1 heterocycles. The van der Waals surface area contributed by atoms with Gasteiger partial charge in [0.15, 0.2) is 5.94 Å². The highest BCUT2D eigenvalue weighted by molar-refractivity contribution is 5.67. The first kappa shape index (κ1) is 10.3. The molecule has 0 aliphatic rings. The van der Waals surface area contributed by atoms with E-state index in [0.717, 1.165) is 22.2 Å². The van der Waals surface area contributed by atoms with Crippen LogP contribution in [0.1, 0.15) is 0 Å². The van der Waals surface area contributed by atoms with E-state index in [1.54, 1.807) is 6.07 Å². The summed E-state index contributed by atoms with van der Waals surface area (Å²) in [4.78, 5) is 13.4. The summed E-state index contributed by atoms with van der Waals surface area (Å²) in [5.74, 6) is 1.82. The van der Waals surface area contributed by atoms with Gasteiger partial charge in [0, 0.05) is 23.6 Å². The van der Waals surface area contributed by atoms with Crippen LogP contribution in [0.5, 0.6) is 0 Å². The first-order chi connectivity index (χ1) is 7.74. The van der Waals surface area contributed by atoms with Crippen molar-refractivity contribution >= 4 is 18.2 Å². The highest BCUT2D eigenvalue weighted by Crippen LogP contribution is 2.16. The summed E-state index contributed by atoms with van der Waals surface area (Å²) >= 11 is 0. The van der Waals surface area contributed by atoms with E-state index in [4.69, 9.17) is 0 Å². The Balaban J connectivity index is 2.54. The van der Waals surface area contributed by atoms with Crippen molar-refractivity contribution in [2.75, 3.05) is 12.4 Å². The largest absolute Gasteiger partial charge is 0.388 e. The van der Waals surface area contributed by atoms with Gasteiger partial charge in [0.1, 0.15) is 5.35 Å². The number of aromatic nitrogens is 1. The number of hydrogen-bond donors (Lipinski definition) is 2. The third-order valence-corrected chi connectivity index (χ3v) is 2.49. The van der Waals surface area contributed by atoms with Crippen LogP contribution in [-0.2, 0) is 4.79 Å². The standard InChI is InChI=1S/C13H12N2O/c1-9-13(7-12(8-16)15-9)10-3-5-11(14-2)6-4-10/h3-7,14-15H,1H2,2H3. The van der Waals surface area contributed by atoms with Gasteiger partial charge in [0.2, 0.25) is 0 Å². The first-order valence-corrected chi connectivity index (χ1v) is 4.96. The molecule has 0 spiro atoms. The Labute approximate surface area is 93.1 Å². The zero-order valence-corrected chi connectivity index (χ0v) is 9.00. The van der Waals surface area contributed by atoms with E-state index in [1.165, 1.54) is 0 Å². The second-order valence-electron chi connectivity index (χ2n) is 3.50. The fourth-order valence-corrected chi connectivity index (χ4v) is 1.63. The zero-order valence-electron chi connectivity index (χ0n) is 9.00. The summed E-state index contributed by atoms with van der Waals surface area (Å²) in [7, 11) is 1.87. The number of anilines is 1. The van der Waals surface area contributed by atoms with Crippen molar-refractivity contribution in [3.63, 3.8) is 0 Å². The fraction of sp³-hybridized carbons (Fsp3) is 0.0769. The summed E-state index contributed by atoms with van der Waals surface area (Å²) in [5, 5.41) is 4.21. The number of H-pyrrole nitrogens is 1. The lowest BCUT2D eigenvalue weighted by molar-refractivity contribution is 0.567. The first-order valence-electron chi connectivity index (χ1n) is 4.96. The van der Waals surface area contributed by atoms with Gasteiger partial charge in [-0.3, -0.25) is 0 Å². The Hall–Kier alpha value is -2.25. The van der Waals surface area contributed by atoms with E-state index in [2.05, 4.69) is 16.9 Å². The second kappa shape index (κ2) is 4.09. The predicted molar refractivity (Wildman–Crippen MR) is 65.3 cm³/mol. The molecule has 3 nitrogen and oxygen atoms in total. The Bertz CT molecular complexity index is 619. The maximum atomic E-state index is 10.5. The van der Waals surface area contributed by atoms with Crippen molar-refractivity contribution in [1.29, 1.82) is 0 Å². The van der Waals surface area contributed by atoms with Gasteiger partial charge in [-0.2, -0.15) is 0 Å². The molecule has 3 heteroatoms. The van der Waals surface area contributed by atoms with Crippen molar-refractivity contribution in [3.05, 3.63) is 41.0 Å². The normalized spacial score (nSPS) is 9.81. The highest BCUT2D eigenvalue weighted by Gasteiger charge is 2.01. The zero-order chi connectivity index (χ0) is 11.5. The van der Waals surface area contributed by atoms with Gasteiger partial charge in [-0.25, -0.2) is 4.79 Å². The average Bonchev–Trinajstić information content (AvgIpc) is 2.71. The summed E-state index contributed by atoms with van der Waals surface area (Å²) in [6.07, 6.45) is 0. The molecule has 0 saturated carbocycles. The second-order valence-corrected chi connectivity index (χ2v) is 3.50. The third-order valence-electron chi connectivity index (χ3n) is 2.49. The average molecular weight is 212 g/mol. The minimum Gasteiger partial charge on any atom is -0.388 e. The van der Waals surface area contributed by atoms with E-state index in [1.807, 2.05) is 37.3 Å². The Morgan fingerprint density at radius 2 is 2.00 bits per heavy atom. The SMILES string of the molecule is C=c1[nH]c(=C=O)cc1-c1ccc(NC)cc1. The van der Waals surface area contributed by atoms with Crippen molar-refractivity contribution in [3.8, 4) is 11.1 Å². The number of rotatable bonds is 2. The summed E-state index contributed by atoms with van der Waals surface area (Å²) in [5.41, 5.74) is 3.01. The minimum absolute atomic E-state index is 0.428. The predicted octanol–water partition coefficient (Wildman–Crippen LogP) is 0.637. The van der Waals surface area contributed by atoms with E-state index < -0.39 is 0 Å². The number of hydrogen-bond acceptors (Lipinski definition) is 2. The quantitative estimate of drug-likeness (QED) is 0.767. The van der Waals surface area contributed by atoms with E-state index in [-0.39, 0.29) is 0 Å². The topological polar surface area (TPSA) is 44.9 Å². The molecule has 0 saturated heterocycles. The number of benzene rings is 1. The minimum atomic E-state index is 0.428. The Morgan fingerprint density at radius 3 is 2.50 bits per heavy atom. The molecule has 16 heavy (non-hydrogen) atoms. The molecule has 0 atom stereocenters. The van der Waals surface area contributed by atoms with Crippen LogP contribution in [0, 0.1) is 0 Å². The van der Waals surface area contributed by atoms with Crippen molar-refractivity contribution < 1.29 is 4.79 Å². The Kier molecular flexibility index (Phi) is 2.63. The molecule has 0 aliphatic carbocycles. The monoisotopic (exact) mass is 212 g/mol. The lowest BCUT2D eigenvalue weighted by atomic mass is 10.1. The van der Waals surface area contributed by atoms with Gasteiger partial charge in [-0.1, -0.05) is 18.7 Å². The molecule has 0 unspecified atom stereocenters. The molecule has 1 aromatic carbocycles. The molecular weight excluding hydrogens is 200 g/mol. The Morgan fingerprint density at radius 1 is 1.31 bits per heavy atom. The number of carbonyl (C=O) groups excluding carboxylic acids is 1. The van der Waals surface area contributed by atoms with Gasteiger partial charge in [-0.05, 0) is 23.8 Å². The maximum absolute atomic E-state index is 10.5. The molecular formula is C13H12N2O.